The quantitative estimate of drug-likeness (QED) is 0.331. The molecule has 0 bridgehead atoms. The van der Waals surface area contributed by atoms with Gasteiger partial charge in [-0.1, -0.05) is 0 Å². The topological polar surface area (TPSA) is 101 Å². The molecule has 0 amide bonds. The second kappa shape index (κ2) is 4.03. The van der Waals surface area contributed by atoms with E-state index in [2.05, 4.69) is 4.99 Å². The molecule has 0 aromatic heterocycles. The second-order valence-corrected chi connectivity index (χ2v) is 2.53. The minimum absolute atomic E-state index is 0.199. The minimum Gasteiger partial charge on any atom is -0.368 e. The van der Waals surface area contributed by atoms with Crippen molar-refractivity contribution < 1.29 is 4.74 Å². The van der Waals surface area contributed by atoms with Crippen molar-refractivity contribution in [2.75, 3.05) is 19.7 Å². The molecule has 1 aliphatic rings. The first-order chi connectivity index (χ1) is 5.68. The Balaban J connectivity index is 2.36. The first kappa shape index (κ1) is 8.95. The summed E-state index contributed by atoms with van der Waals surface area (Å²) in [5.74, 6) is -0.199. The molecule has 1 heterocycles. The van der Waals surface area contributed by atoms with Crippen molar-refractivity contribution in [3.63, 3.8) is 0 Å². The number of nitrogens with two attached hydrogens (primary N) is 2. The Morgan fingerprint density at radius 3 is 3.08 bits per heavy atom. The van der Waals surface area contributed by atoms with Crippen LogP contribution in [0, 0.1) is 5.41 Å². The van der Waals surface area contributed by atoms with Crippen molar-refractivity contribution in [3.8, 4) is 0 Å². The SMILES string of the molecule is N=C(N)/N=C/N1CCOC(N)C1. The zero-order valence-electron chi connectivity index (χ0n) is 6.73. The average molecular weight is 171 g/mol. The minimum atomic E-state index is -0.267. The van der Waals surface area contributed by atoms with E-state index in [-0.39, 0.29) is 12.2 Å². The highest BCUT2D eigenvalue weighted by Gasteiger charge is 2.13. The first-order valence-electron chi connectivity index (χ1n) is 3.68. The van der Waals surface area contributed by atoms with Gasteiger partial charge in [0.1, 0.15) is 6.23 Å². The van der Waals surface area contributed by atoms with Crippen LogP contribution in [-0.4, -0.2) is 43.1 Å². The van der Waals surface area contributed by atoms with Gasteiger partial charge in [-0.25, -0.2) is 4.99 Å². The number of ether oxygens (including phenoxy) is 1. The summed E-state index contributed by atoms with van der Waals surface area (Å²) in [4.78, 5) is 5.50. The number of hydrogen-bond acceptors (Lipinski definition) is 3. The summed E-state index contributed by atoms with van der Waals surface area (Å²) in [5, 5.41) is 6.85. The fourth-order valence-corrected chi connectivity index (χ4v) is 0.945. The summed E-state index contributed by atoms with van der Waals surface area (Å²) in [5.41, 5.74) is 10.6. The van der Waals surface area contributed by atoms with Gasteiger partial charge in [0.2, 0.25) is 5.96 Å². The van der Waals surface area contributed by atoms with Crippen LogP contribution in [0.3, 0.4) is 0 Å². The third-order valence-corrected chi connectivity index (χ3v) is 1.49. The van der Waals surface area contributed by atoms with Gasteiger partial charge in [-0.2, -0.15) is 0 Å². The molecule has 0 saturated carbocycles. The van der Waals surface area contributed by atoms with E-state index in [1.807, 2.05) is 4.90 Å². The lowest BCUT2D eigenvalue weighted by Gasteiger charge is -2.28. The molecule has 1 atom stereocenters. The molecule has 68 valence electrons. The van der Waals surface area contributed by atoms with Crippen LogP contribution in [0.4, 0.5) is 0 Å². The summed E-state index contributed by atoms with van der Waals surface area (Å²) in [6, 6.07) is 0. The third kappa shape index (κ3) is 2.85. The highest BCUT2D eigenvalue weighted by atomic mass is 16.5. The van der Waals surface area contributed by atoms with Crippen LogP contribution >= 0.6 is 0 Å². The smallest absolute Gasteiger partial charge is 0.213 e. The molecule has 5 N–H and O–H groups in total. The van der Waals surface area contributed by atoms with Crippen molar-refractivity contribution >= 4 is 12.3 Å². The third-order valence-electron chi connectivity index (χ3n) is 1.49. The Morgan fingerprint density at radius 2 is 2.50 bits per heavy atom. The molecule has 0 aliphatic carbocycles. The molecule has 0 radical (unpaired) electrons. The van der Waals surface area contributed by atoms with Crippen molar-refractivity contribution in [1.82, 2.24) is 4.90 Å². The Morgan fingerprint density at radius 1 is 1.75 bits per heavy atom. The van der Waals surface area contributed by atoms with Gasteiger partial charge in [0, 0.05) is 6.54 Å². The lowest BCUT2D eigenvalue weighted by Crippen LogP contribution is -2.46. The predicted octanol–water partition coefficient (Wildman–Crippen LogP) is -1.47. The molecule has 12 heavy (non-hydrogen) atoms. The number of nitrogens with zero attached hydrogens (tertiary/aromatic N) is 2. The van der Waals surface area contributed by atoms with E-state index in [0.717, 1.165) is 6.54 Å². The number of morpholine rings is 1. The van der Waals surface area contributed by atoms with Gasteiger partial charge in [0.05, 0.1) is 19.5 Å². The van der Waals surface area contributed by atoms with Crippen molar-refractivity contribution in [2.45, 2.75) is 6.23 Å². The molecule has 6 nitrogen and oxygen atoms in total. The van der Waals surface area contributed by atoms with Gasteiger partial charge in [0.25, 0.3) is 0 Å². The fraction of sp³-hybridized carbons (Fsp3) is 0.667. The van der Waals surface area contributed by atoms with Crippen LogP contribution in [0.1, 0.15) is 0 Å². The highest BCUT2D eigenvalue weighted by Crippen LogP contribution is 1.97. The first-order valence-corrected chi connectivity index (χ1v) is 3.68. The number of aliphatic imine (C=N–C) groups is 1. The zero-order valence-corrected chi connectivity index (χ0v) is 6.73. The van der Waals surface area contributed by atoms with Gasteiger partial charge in [-0.3, -0.25) is 5.41 Å². The maximum Gasteiger partial charge on any atom is 0.213 e. The van der Waals surface area contributed by atoms with E-state index >= 15 is 0 Å². The van der Waals surface area contributed by atoms with Gasteiger partial charge in [-0.05, 0) is 0 Å². The zero-order chi connectivity index (χ0) is 8.97. The van der Waals surface area contributed by atoms with E-state index in [4.69, 9.17) is 21.6 Å². The summed E-state index contributed by atoms with van der Waals surface area (Å²) >= 11 is 0. The number of rotatable bonds is 1. The molecule has 1 aliphatic heterocycles. The lowest BCUT2D eigenvalue weighted by molar-refractivity contribution is 0.000250. The number of nitrogens with one attached hydrogen (secondary N) is 1. The molecule has 1 fully saturated rings. The van der Waals surface area contributed by atoms with E-state index in [1.54, 1.807) is 0 Å². The Hall–Kier alpha value is -1.14. The molecule has 0 aromatic carbocycles. The van der Waals surface area contributed by atoms with Gasteiger partial charge in [0.15, 0.2) is 0 Å². The molecular formula is C6H13N5O. The number of guanidine groups is 1. The second-order valence-electron chi connectivity index (χ2n) is 2.53. The van der Waals surface area contributed by atoms with Crippen molar-refractivity contribution in [1.29, 1.82) is 5.41 Å². The van der Waals surface area contributed by atoms with Crippen LogP contribution in [-0.2, 0) is 4.74 Å². The summed E-state index contributed by atoms with van der Waals surface area (Å²) in [6.07, 6.45) is 1.25. The van der Waals surface area contributed by atoms with E-state index in [9.17, 15) is 0 Å². The molecule has 1 saturated heterocycles. The molecule has 1 unspecified atom stereocenters. The standard InChI is InChI=1S/C6H13N5O/c7-5-3-11(1-2-12-5)4-10-6(8)9/h4-5H,1-3,7H2,(H3,8,9)/b10-4+. The van der Waals surface area contributed by atoms with E-state index < -0.39 is 0 Å². The monoisotopic (exact) mass is 171 g/mol. The normalized spacial score (nSPS) is 24.8. The molecule has 6 heteroatoms. The van der Waals surface area contributed by atoms with E-state index in [1.165, 1.54) is 6.34 Å². The van der Waals surface area contributed by atoms with Crippen LogP contribution in [0.15, 0.2) is 4.99 Å². The summed E-state index contributed by atoms with van der Waals surface area (Å²) in [6.45, 7) is 1.92. The molecular weight excluding hydrogens is 158 g/mol. The Labute approximate surface area is 70.7 Å². The average Bonchev–Trinajstić information content (AvgIpc) is 2.01. The summed E-state index contributed by atoms with van der Waals surface area (Å²) in [7, 11) is 0. The van der Waals surface area contributed by atoms with Crippen molar-refractivity contribution in [3.05, 3.63) is 0 Å². The molecule has 0 spiro atoms. The largest absolute Gasteiger partial charge is 0.368 e. The van der Waals surface area contributed by atoms with E-state index in [0.29, 0.717) is 13.2 Å². The van der Waals surface area contributed by atoms with Crippen LogP contribution in [0.25, 0.3) is 0 Å². The van der Waals surface area contributed by atoms with Gasteiger partial charge >= 0.3 is 0 Å². The Kier molecular flexibility index (Phi) is 3.01. The highest BCUT2D eigenvalue weighted by molar-refractivity contribution is 5.83. The van der Waals surface area contributed by atoms with Crippen molar-refractivity contribution in [2.24, 2.45) is 16.5 Å². The summed E-state index contributed by atoms with van der Waals surface area (Å²) < 4.78 is 5.10. The lowest BCUT2D eigenvalue weighted by atomic mass is 10.4. The number of hydrogen-bond donors (Lipinski definition) is 3. The van der Waals surface area contributed by atoms with Crippen LogP contribution in [0.5, 0.6) is 0 Å². The maximum absolute atomic E-state index is 6.85. The fourth-order valence-electron chi connectivity index (χ4n) is 0.945. The van der Waals surface area contributed by atoms with Gasteiger partial charge in [-0.15, -0.1) is 0 Å². The van der Waals surface area contributed by atoms with Gasteiger partial charge < -0.3 is 21.1 Å². The van der Waals surface area contributed by atoms with Crippen LogP contribution in [0.2, 0.25) is 0 Å². The molecule has 1 rings (SSSR count). The predicted molar refractivity (Wildman–Crippen MR) is 45.9 cm³/mol. The Bertz CT molecular complexity index is 192. The molecule has 0 aromatic rings. The van der Waals surface area contributed by atoms with Crippen LogP contribution < -0.4 is 11.5 Å². The maximum atomic E-state index is 6.85.